The predicted molar refractivity (Wildman–Crippen MR) is 141 cm³/mol. The minimum Gasteiger partial charge on any atom is -0.451 e. The van der Waals surface area contributed by atoms with Gasteiger partial charge in [0.25, 0.3) is 0 Å². The number of pyridine rings is 1. The summed E-state index contributed by atoms with van der Waals surface area (Å²) in [4.78, 5) is 7.73. The molecule has 34 heavy (non-hydrogen) atoms. The van der Waals surface area contributed by atoms with Crippen molar-refractivity contribution in [1.29, 1.82) is 0 Å². The number of hydrogen-bond donors (Lipinski definition) is 0. The van der Waals surface area contributed by atoms with Gasteiger partial charge in [-0.05, 0) is 69.6 Å². The highest BCUT2D eigenvalue weighted by atomic mass is 16.7. The fourth-order valence-electron chi connectivity index (χ4n) is 5.14. The zero-order chi connectivity index (χ0) is 24.9. The lowest BCUT2D eigenvalue weighted by atomic mass is 9.81. The van der Waals surface area contributed by atoms with E-state index in [9.17, 15) is 0 Å². The van der Waals surface area contributed by atoms with E-state index in [1.807, 2.05) is 6.07 Å². The number of aromatic nitrogens is 1. The van der Waals surface area contributed by atoms with Crippen LogP contribution >= 0.6 is 0 Å². The standard InChI is InChI=1S/C30H44N2O2/c1-20(27-33-23-14-10-13-22(25(23)34-27)28(2,3)4)17-18-30(8,9)24-16-15-21-12-11-19-32(26(21)31-24)29(5,6)7/h10,13-16,20,27H,11-12,17-19H2,1-9H3. The number of anilines is 1. The first-order valence-electron chi connectivity index (χ1n) is 13.0. The minimum absolute atomic E-state index is 0.0215. The van der Waals surface area contributed by atoms with E-state index in [4.69, 9.17) is 14.5 Å². The molecule has 4 rings (SSSR count). The molecule has 2 aromatic rings. The van der Waals surface area contributed by atoms with E-state index in [1.54, 1.807) is 0 Å². The number of ether oxygens (including phenoxy) is 2. The third-order valence-corrected chi connectivity index (χ3v) is 7.50. The van der Waals surface area contributed by atoms with Crippen LogP contribution in [0.15, 0.2) is 30.3 Å². The van der Waals surface area contributed by atoms with Crippen molar-refractivity contribution in [2.24, 2.45) is 5.92 Å². The lowest BCUT2D eigenvalue weighted by molar-refractivity contribution is -0.00324. The Morgan fingerprint density at radius 3 is 2.41 bits per heavy atom. The van der Waals surface area contributed by atoms with Crippen molar-refractivity contribution in [1.82, 2.24) is 4.98 Å². The van der Waals surface area contributed by atoms with Gasteiger partial charge in [-0.1, -0.05) is 59.7 Å². The highest BCUT2D eigenvalue weighted by Gasteiger charge is 2.35. The summed E-state index contributed by atoms with van der Waals surface area (Å²) in [6, 6.07) is 10.8. The van der Waals surface area contributed by atoms with E-state index in [1.165, 1.54) is 29.1 Å². The molecule has 0 radical (unpaired) electrons. The molecule has 0 spiro atoms. The van der Waals surface area contributed by atoms with Crippen LogP contribution in [0.2, 0.25) is 0 Å². The van der Waals surface area contributed by atoms with Gasteiger partial charge in [0.1, 0.15) is 5.82 Å². The maximum atomic E-state index is 6.38. The Balaban J connectivity index is 1.46. The van der Waals surface area contributed by atoms with Crippen molar-refractivity contribution < 1.29 is 9.47 Å². The summed E-state index contributed by atoms with van der Waals surface area (Å²) in [5.41, 5.74) is 3.86. The zero-order valence-corrected chi connectivity index (χ0v) is 22.8. The smallest absolute Gasteiger partial charge is 0.244 e. The molecule has 0 saturated carbocycles. The van der Waals surface area contributed by atoms with Crippen molar-refractivity contribution >= 4 is 5.82 Å². The number of aryl methyl sites for hydroxylation is 1. The van der Waals surface area contributed by atoms with Crippen molar-refractivity contribution in [2.75, 3.05) is 11.4 Å². The molecule has 0 N–H and O–H groups in total. The number of hydrogen-bond acceptors (Lipinski definition) is 4. The topological polar surface area (TPSA) is 34.6 Å². The van der Waals surface area contributed by atoms with Crippen LogP contribution in [0.3, 0.4) is 0 Å². The van der Waals surface area contributed by atoms with E-state index in [0.29, 0.717) is 0 Å². The molecule has 0 aliphatic carbocycles. The molecule has 0 amide bonds. The molecule has 4 heteroatoms. The summed E-state index contributed by atoms with van der Waals surface area (Å²) >= 11 is 0. The number of benzene rings is 1. The Bertz CT molecular complexity index is 1030. The van der Waals surface area contributed by atoms with Gasteiger partial charge in [-0.2, -0.15) is 0 Å². The molecule has 0 fully saturated rings. The molecule has 2 aliphatic rings. The Labute approximate surface area is 207 Å². The molecule has 186 valence electrons. The number of fused-ring (bicyclic) bond motifs is 2. The Hall–Kier alpha value is -2.23. The van der Waals surface area contributed by atoms with E-state index < -0.39 is 0 Å². The first kappa shape index (κ1) is 24.9. The Kier molecular flexibility index (Phi) is 6.42. The third kappa shape index (κ3) is 4.92. The second kappa shape index (κ2) is 8.77. The normalized spacial score (nSPS) is 19.2. The molecule has 3 heterocycles. The molecule has 0 saturated heterocycles. The largest absolute Gasteiger partial charge is 0.451 e. The van der Waals surface area contributed by atoms with Crippen molar-refractivity contribution in [3.8, 4) is 11.5 Å². The molecule has 1 aromatic carbocycles. The van der Waals surface area contributed by atoms with Crippen molar-refractivity contribution in [2.45, 2.75) is 111 Å². The lowest BCUT2D eigenvalue weighted by Gasteiger charge is -2.41. The molecule has 2 aliphatic heterocycles. The highest BCUT2D eigenvalue weighted by molar-refractivity contribution is 5.53. The monoisotopic (exact) mass is 464 g/mol. The van der Waals surface area contributed by atoms with Gasteiger partial charge < -0.3 is 14.4 Å². The van der Waals surface area contributed by atoms with Crippen LogP contribution in [0.1, 0.15) is 98.4 Å². The molecular weight excluding hydrogens is 420 g/mol. The van der Waals surface area contributed by atoms with Crippen molar-refractivity contribution in [3.63, 3.8) is 0 Å². The first-order chi connectivity index (χ1) is 15.8. The molecule has 4 nitrogen and oxygen atoms in total. The van der Waals surface area contributed by atoms with Crippen LogP contribution in [-0.2, 0) is 17.3 Å². The number of rotatable bonds is 5. The summed E-state index contributed by atoms with van der Waals surface area (Å²) < 4.78 is 12.6. The van der Waals surface area contributed by atoms with Gasteiger partial charge in [0.15, 0.2) is 11.5 Å². The lowest BCUT2D eigenvalue weighted by Crippen LogP contribution is -2.45. The quantitative estimate of drug-likeness (QED) is 0.461. The first-order valence-corrected chi connectivity index (χ1v) is 13.0. The summed E-state index contributed by atoms with van der Waals surface area (Å²) in [5.74, 6) is 3.26. The fraction of sp³-hybridized carbons (Fsp3) is 0.633. The van der Waals surface area contributed by atoms with Gasteiger partial charge in [-0.15, -0.1) is 0 Å². The number of nitrogens with zero attached hydrogens (tertiary/aromatic N) is 2. The van der Waals surface area contributed by atoms with Gasteiger partial charge in [0.05, 0.1) is 0 Å². The molecule has 2 atom stereocenters. The third-order valence-electron chi connectivity index (χ3n) is 7.50. The molecular formula is C30H44N2O2. The van der Waals surface area contributed by atoms with E-state index >= 15 is 0 Å². The van der Waals surface area contributed by atoms with Gasteiger partial charge in [-0.3, -0.25) is 0 Å². The van der Waals surface area contributed by atoms with Crippen molar-refractivity contribution in [3.05, 3.63) is 47.2 Å². The van der Waals surface area contributed by atoms with Crippen LogP contribution in [0.5, 0.6) is 11.5 Å². The van der Waals surface area contributed by atoms with Crippen LogP contribution in [0.25, 0.3) is 0 Å². The maximum Gasteiger partial charge on any atom is 0.244 e. The van der Waals surface area contributed by atoms with Crippen LogP contribution in [0.4, 0.5) is 5.82 Å². The van der Waals surface area contributed by atoms with E-state index in [-0.39, 0.29) is 28.6 Å². The summed E-state index contributed by atoms with van der Waals surface area (Å²) in [6.45, 7) is 21.5. The SMILES string of the molecule is CC(CCC(C)(C)c1ccc2c(n1)N(C(C)(C)C)CCC2)C1Oc2cccc(C(C)(C)C)c2O1. The van der Waals surface area contributed by atoms with Gasteiger partial charge in [0.2, 0.25) is 6.29 Å². The molecule has 0 bridgehead atoms. The van der Waals surface area contributed by atoms with Gasteiger partial charge in [-0.25, -0.2) is 4.98 Å². The average Bonchev–Trinajstić information content (AvgIpc) is 3.19. The molecule has 1 aromatic heterocycles. The highest BCUT2D eigenvalue weighted by Crippen LogP contribution is 2.45. The molecule has 2 unspecified atom stereocenters. The number of para-hydroxylation sites is 1. The van der Waals surface area contributed by atoms with Crippen LogP contribution in [0, 0.1) is 5.92 Å². The summed E-state index contributed by atoms with van der Waals surface area (Å²) in [6.07, 6.45) is 4.13. The van der Waals surface area contributed by atoms with Gasteiger partial charge >= 0.3 is 0 Å². The summed E-state index contributed by atoms with van der Waals surface area (Å²) in [7, 11) is 0. The van der Waals surface area contributed by atoms with Crippen LogP contribution in [-0.4, -0.2) is 23.4 Å². The van der Waals surface area contributed by atoms with E-state index in [0.717, 1.165) is 37.3 Å². The zero-order valence-electron chi connectivity index (χ0n) is 22.8. The van der Waals surface area contributed by atoms with Crippen LogP contribution < -0.4 is 14.4 Å². The second-order valence-electron chi connectivity index (χ2n) is 13.0. The summed E-state index contributed by atoms with van der Waals surface area (Å²) in [5, 5.41) is 0. The predicted octanol–water partition coefficient (Wildman–Crippen LogP) is 7.42. The maximum absolute atomic E-state index is 6.38. The Morgan fingerprint density at radius 2 is 1.74 bits per heavy atom. The Morgan fingerprint density at radius 1 is 1.00 bits per heavy atom. The second-order valence-corrected chi connectivity index (χ2v) is 13.0. The minimum atomic E-state index is -0.234. The van der Waals surface area contributed by atoms with Gasteiger partial charge in [0, 0.05) is 34.7 Å². The average molecular weight is 465 g/mol. The van der Waals surface area contributed by atoms with E-state index in [2.05, 4.69) is 91.5 Å². The fourth-order valence-corrected chi connectivity index (χ4v) is 5.14.